The molecule has 9 heteroatoms. The molecular formula is C21H18BrCl2N3O3. The Morgan fingerprint density at radius 3 is 2.33 bits per heavy atom. The van der Waals surface area contributed by atoms with E-state index in [2.05, 4.69) is 15.9 Å². The fraction of sp³-hybridized carbons (Fsp3) is 0.286. The van der Waals surface area contributed by atoms with Crippen molar-refractivity contribution in [1.82, 2.24) is 9.80 Å². The van der Waals surface area contributed by atoms with Gasteiger partial charge >= 0.3 is 6.03 Å². The number of halogens is 3. The lowest BCUT2D eigenvalue weighted by Crippen LogP contribution is -2.56. The highest BCUT2D eigenvalue weighted by molar-refractivity contribution is 9.10. The number of Topliss-reactive ketones (excluding diaryl/α,β-unsaturated/α-hetero) is 1. The summed E-state index contributed by atoms with van der Waals surface area (Å²) in [5.41, 5.74) is 0.958. The number of carbonyl (C=O) groups is 3. The van der Waals surface area contributed by atoms with E-state index in [0.717, 1.165) is 9.37 Å². The van der Waals surface area contributed by atoms with Crippen LogP contribution in [0.15, 0.2) is 46.9 Å². The number of rotatable bonds is 4. The molecule has 0 N–H and O–H groups in total. The Labute approximate surface area is 192 Å². The van der Waals surface area contributed by atoms with E-state index in [-0.39, 0.29) is 11.7 Å². The second-order valence-corrected chi connectivity index (χ2v) is 9.12. The molecule has 2 fully saturated rings. The van der Waals surface area contributed by atoms with Gasteiger partial charge in [0.2, 0.25) is 0 Å². The molecule has 2 aliphatic rings. The highest BCUT2D eigenvalue weighted by Crippen LogP contribution is 2.32. The van der Waals surface area contributed by atoms with Crippen LogP contribution in [0.5, 0.6) is 0 Å². The first-order valence-electron chi connectivity index (χ1n) is 9.41. The van der Waals surface area contributed by atoms with E-state index in [1.54, 1.807) is 35.2 Å². The van der Waals surface area contributed by atoms with Crippen LogP contribution in [0.3, 0.4) is 0 Å². The minimum Gasteiger partial charge on any atom is -0.309 e. The number of ketones is 1. The van der Waals surface area contributed by atoms with Gasteiger partial charge in [0.1, 0.15) is 6.04 Å². The van der Waals surface area contributed by atoms with Crippen LogP contribution in [-0.4, -0.2) is 59.2 Å². The van der Waals surface area contributed by atoms with E-state index >= 15 is 0 Å². The maximum absolute atomic E-state index is 13.1. The van der Waals surface area contributed by atoms with E-state index in [4.69, 9.17) is 23.2 Å². The number of carbonyl (C=O) groups excluding carboxylic acids is 3. The minimum absolute atomic E-state index is 0.0220. The summed E-state index contributed by atoms with van der Waals surface area (Å²) in [6, 6.07) is 10.4. The SMILES string of the molecule is CC(C(=O)c1ccc(Br)cc1)N1CCN2C(=O)N(c3cc(Cl)cc(Cl)c3)C(=O)C2C1. The van der Waals surface area contributed by atoms with Gasteiger partial charge < -0.3 is 4.90 Å². The molecule has 2 unspecified atom stereocenters. The zero-order chi connectivity index (χ0) is 21.6. The largest absolute Gasteiger partial charge is 0.332 e. The van der Waals surface area contributed by atoms with Crippen molar-refractivity contribution in [3.8, 4) is 0 Å². The summed E-state index contributed by atoms with van der Waals surface area (Å²) >= 11 is 15.5. The highest BCUT2D eigenvalue weighted by Gasteiger charge is 2.49. The van der Waals surface area contributed by atoms with E-state index in [0.29, 0.717) is 40.9 Å². The van der Waals surface area contributed by atoms with Crippen molar-refractivity contribution >= 4 is 62.5 Å². The van der Waals surface area contributed by atoms with Gasteiger partial charge in [-0.05, 0) is 37.3 Å². The van der Waals surface area contributed by atoms with E-state index in [1.807, 2.05) is 24.0 Å². The number of hydrogen-bond donors (Lipinski definition) is 0. The number of nitrogens with zero attached hydrogens (tertiary/aromatic N) is 3. The Morgan fingerprint density at radius 2 is 1.70 bits per heavy atom. The monoisotopic (exact) mass is 509 g/mol. The lowest BCUT2D eigenvalue weighted by molar-refractivity contribution is -0.121. The second kappa shape index (κ2) is 8.30. The molecule has 4 rings (SSSR count). The Hall–Kier alpha value is -1.93. The standard InChI is InChI=1S/C21H18BrCl2N3O3/c1-12(19(28)13-2-4-14(22)5-3-13)25-6-7-26-18(11-25)20(29)27(21(26)30)17-9-15(23)8-16(24)10-17/h2-5,8-10,12,18H,6-7,11H2,1H3. The number of imide groups is 1. The number of fused-ring (bicyclic) bond motifs is 1. The molecule has 0 spiro atoms. The van der Waals surface area contributed by atoms with Gasteiger partial charge in [0.05, 0.1) is 11.7 Å². The second-order valence-electron chi connectivity index (χ2n) is 7.34. The molecule has 156 valence electrons. The summed E-state index contributed by atoms with van der Waals surface area (Å²) in [6.07, 6.45) is 0. The van der Waals surface area contributed by atoms with Crippen molar-refractivity contribution in [2.45, 2.75) is 19.0 Å². The first-order valence-corrected chi connectivity index (χ1v) is 11.0. The third kappa shape index (κ3) is 3.87. The molecule has 0 bridgehead atoms. The third-order valence-electron chi connectivity index (χ3n) is 5.52. The normalized spacial score (nSPS) is 20.5. The molecule has 2 aromatic carbocycles. The number of amides is 3. The van der Waals surface area contributed by atoms with Crippen molar-refractivity contribution in [2.75, 3.05) is 24.5 Å². The molecule has 6 nitrogen and oxygen atoms in total. The molecule has 0 saturated carbocycles. The quantitative estimate of drug-likeness (QED) is 0.449. The predicted octanol–water partition coefficient (Wildman–Crippen LogP) is 4.48. The van der Waals surface area contributed by atoms with Crippen LogP contribution in [0.4, 0.5) is 10.5 Å². The van der Waals surface area contributed by atoms with Gasteiger partial charge in [0.15, 0.2) is 5.78 Å². The molecule has 0 radical (unpaired) electrons. The zero-order valence-electron chi connectivity index (χ0n) is 16.0. The van der Waals surface area contributed by atoms with Crippen LogP contribution in [0.2, 0.25) is 10.0 Å². The van der Waals surface area contributed by atoms with E-state index in [9.17, 15) is 14.4 Å². The lowest BCUT2D eigenvalue weighted by atomic mass is 10.0. The van der Waals surface area contributed by atoms with E-state index in [1.165, 1.54) is 0 Å². The molecule has 2 saturated heterocycles. The summed E-state index contributed by atoms with van der Waals surface area (Å²) < 4.78 is 0.900. The Balaban J connectivity index is 1.53. The van der Waals surface area contributed by atoms with Gasteiger partial charge in [0, 0.05) is 39.7 Å². The number of piperazine rings is 1. The fourth-order valence-corrected chi connectivity index (χ4v) is 4.67. The van der Waals surface area contributed by atoms with Crippen molar-refractivity contribution in [3.63, 3.8) is 0 Å². The molecule has 2 aliphatic heterocycles. The van der Waals surface area contributed by atoms with Gasteiger partial charge in [0.25, 0.3) is 5.91 Å². The van der Waals surface area contributed by atoms with Crippen molar-refractivity contribution in [2.24, 2.45) is 0 Å². The van der Waals surface area contributed by atoms with Gasteiger partial charge in [-0.15, -0.1) is 0 Å². The van der Waals surface area contributed by atoms with Crippen LogP contribution in [0, 0.1) is 0 Å². The summed E-state index contributed by atoms with van der Waals surface area (Å²) in [5, 5.41) is 0.691. The van der Waals surface area contributed by atoms with Crippen molar-refractivity contribution in [3.05, 3.63) is 62.5 Å². The van der Waals surface area contributed by atoms with Crippen molar-refractivity contribution in [1.29, 1.82) is 0 Å². The molecule has 30 heavy (non-hydrogen) atoms. The molecule has 2 heterocycles. The van der Waals surface area contributed by atoms with Gasteiger partial charge in [-0.1, -0.05) is 51.3 Å². The molecule has 3 amide bonds. The maximum Gasteiger partial charge on any atom is 0.332 e. The summed E-state index contributed by atoms with van der Waals surface area (Å²) in [5.74, 6) is -0.363. The Bertz CT molecular complexity index is 1010. The van der Waals surface area contributed by atoms with Crippen molar-refractivity contribution < 1.29 is 14.4 Å². The number of urea groups is 1. The topological polar surface area (TPSA) is 60.9 Å². The Morgan fingerprint density at radius 1 is 1.07 bits per heavy atom. The molecule has 2 aromatic rings. The number of anilines is 1. The number of benzene rings is 2. The first-order chi connectivity index (χ1) is 14.3. The van der Waals surface area contributed by atoms with Crippen LogP contribution in [0.1, 0.15) is 17.3 Å². The maximum atomic E-state index is 13.1. The zero-order valence-corrected chi connectivity index (χ0v) is 19.1. The minimum atomic E-state index is -0.649. The molecule has 2 atom stereocenters. The molecular weight excluding hydrogens is 493 g/mol. The summed E-state index contributed by atoms with van der Waals surface area (Å²) in [4.78, 5) is 43.5. The number of hydrogen-bond acceptors (Lipinski definition) is 4. The predicted molar refractivity (Wildman–Crippen MR) is 119 cm³/mol. The van der Waals surface area contributed by atoms with Gasteiger partial charge in [-0.3, -0.25) is 14.5 Å². The molecule has 0 aliphatic carbocycles. The average Bonchev–Trinajstić information content (AvgIpc) is 2.96. The van der Waals surface area contributed by atoms with Gasteiger partial charge in [-0.2, -0.15) is 0 Å². The third-order valence-corrected chi connectivity index (χ3v) is 6.48. The van der Waals surface area contributed by atoms with Crippen LogP contribution < -0.4 is 4.90 Å². The van der Waals surface area contributed by atoms with Crippen LogP contribution in [0.25, 0.3) is 0 Å². The lowest BCUT2D eigenvalue weighted by Gasteiger charge is -2.38. The smallest absolute Gasteiger partial charge is 0.309 e. The molecule has 0 aromatic heterocycles. The van der Waals surface area contributed by atoms with E-state index < -0.39 is 18.1 Å². The highest BCUT2D eigenvalue weighted by atomic mass is 79.9. The summed E-state index contributed by atoms with van der Waals surface area (Å²) in [7, 11) is 0. The van der Waals surface area contributed by atoms with Crippen LogP contribution in [-0.2, 0) is 4.79 Å². The summed E-state index contributed by atoms with van der Waals surface area (Å²) in [6.45, 7) is 2.98. The van der Waals surface area contributed by atoms with Gasteiger partial charge in [-0.25, -0.2) is 9.69 Å². The Kier molecular flexibility index (Phi) is 5.90. The average molecular weight is 511 g/mol. The van der Waals surface area contributed by atoms with Crippen LogP contribution >= 0.6 is 39.1 Å². The first kappa shape index (κ1) is 21.3. The fourth-order valence-electron chi connectivity index (χ4n) is 3.90.